The molecular weight excluding hydrogens is 276 g/mol. The smallest absolute Gasteiger partial charge is 0.313 e. The minimum absolute atomic E-state index is 0.157. The molecule has 0 fully saturated rings. The van der Waals surface area contributed by atoms with E-state index in [-0.39, 0.29) is 16.7 Å². The Bertz CT molecular complexity index is 251. The van der Waals surface area contributed by atoms with Crippen LogP contribution >= 0.6 is 15.9 Å². The van der Waals surface area contributed by atoms with Gasteiger partial charge in [-0.2, -0.15) is 0 Å². The van der Waals surface area contributed by atoms with Crippen LogP contribution in [0.3, 0.4) is 0 Å². The highest BCUT2D eigenvalue weighted by molar-refractivity contribution is 9.10. The van der Waals surface area contributed by atoms with E-state index in [1.54, 1.807) is 0 Å². The Morgan fingerprint density at radius 3 is 2.00 bits per heavy atom. The predicted octanol–water partition coefficient (Wildman–Crippen LogP) is 2.07. The molecule has 0 heterocycles. The molecule has 0 aromatic carbocycles. The summed E-state index contributed by atoms with van der Waals surface area (Å²) in [6.07, 6.45) is 0. The van der Waals surface area contributed by atoms with Crippen molar-refractivity contribution in [2.75, 3.05) is 0 Å². The molecule has 6 heteroatoms. The first kappa shape index (κ1) is 14.6. The minimum Gasteiger partial charge on any atom is -0.365 e. The zero-order valence-corrected chi connectivity index (χ0v) is 12.4. The van der Waals surface area contributed by atoms with Crippen LogP contribution in [0.1, 0.15) is 13.8 Å². The van der Waals surface area contributed by atoms with E-state index in [0.29, 0.717) is 0 Å². The lowest BCUT2D eigenvalue weighted by Crippen LogP contribution is -2.53. The number of carbonyl (C=O) groups is 2. The molecule has 0 aliphatic rings. The molecule has 4 nitrogen and oxygen atoms in total. The zero-order chi connectivity index (χ0) is 12.2. The number of rotatable bonds is 3. The van der Waals surface area contributed by atoms with Crippen LogP contribution in [0.15, 0.2) is 0 Å². The Kier molecular flexibility index (Phi) is 5.51. The number of hydrogen-bond donors (Lipinski definition) is 2. The molecule has 0 aromatic heterocycles. The average Bonchev–Trinajstić information content (AvgIpc) is 1.98. The van der Waals surface area contributed by atoms with E-state index in [1.807, 2.05) is 33.5 Å². The number of urea groups is 1. The molecule has 3 amide bonds. The van der Waals surface area contributed by atoms with Crippen molar-refractivity contribution in [2.24, 2.45) is 5.92 Å². The Balaban J connectivity index is 4.14. The van der Waals surface area contributed by atoms with E-state index in [2.05, 4.69) is 26.2 Å². The summed E-state index contributed by atoms with van der Waals surface area (Å²) in [4.78, 5) is 25.3. The fraction of sp³-hybridized carbons (Fsp3) is 0.778. The highest BCUT2D eigenvalue weighted by atomic mass is 79.9. The summed E-state index contributed by atoms with van der Waals surface area (Å²) in [6, 6.07) is -0.399. The average molecular weight is 295 g/mol. The topological polar surface area (TPSA) is 58.2 Å². The Morgan fingerprint density at radius 1 is 1.20 bits per heavy atom. The van der Waals surface area contributed by atoms with E-state index in [4.69, 9.17) is 0 Å². The molecule has 0 spiro atoms. The summed E-state index contributed by atoms with van der Waals surface area (Å²) in [5.41, 5.74) is 0. The lowest BCUT2D eigenvalue weighted by Gasteiger charge is -2.19. The molecule has 0 saturated heterocycles. The van der Waals surface area contributed by atoms with Crippen molar-refractivity contribution in [1.29, 1.82) is 0 Å². The largest absolute Gasteiger partial charge is 0.365 e. The summed E-state index contributed by atoms with van der Waals surface area (Å²) in [5.74, 6) is -0.134. The van der Waals surface area contributed by atoms with E-state index in [9.17, 15) is 9.59 Å². The Morgan fingerprint density at radius 2 is 1.67 bits per heavy atom. The second kappa shape index (κ2) is 5.65. The van der Waals surface area contributed by atoms with Crippen molar-refractivity contribution in [3.8, 4) is 0 Å². The normalized spacial score (nSPS) is 13.5. The molecule has 0 saturated carbocycles. The first-order chi connectivity index (χ1) is 6.63. The monoisotopic (exact) mass is 294 g/mol. The highest BCUT2D eigenvalue weighted by Crippen LogP contribution is 2.11. The van der Waals surface area contributed by atoms with E-state index >= 15 is 0 Å². The van der Waals surface area contributed by atoms with Gasteiger partial charge in [-0.15, -0.1) is 0 Å². The summed E-state index contributed by atoms with van der Waals surface area (Å²) in [6.45, 7) is 9.80. The summed E-state index contributed by atoms with van der Waals surface area (Å²) in [5, 5.41) is 2.32. The van der Waals surface area contributed by atoms with Crippen LogP contribution in [0.2, 0.25) is 19.6 Å². The second-order valence-corrected chi connectivity index (χ2v) is 10.6. The fourth-order valence-corrected chi connectivity index (χ4v) is 1.71. The third kappa shape index (κ3) is 6.67. The van der Waals surface area contributed by atoms with Gasteiger partial charge in [0.2, 0.25) is 5.91 Å². The Hall–Kier alpha value is -0.363. The van der Waals surface area contributed by atoms with Crippen molar-refractivity contribution in [2.45, 2.75) is 38.3 Å². The lowest BCUT2D eigenvalue weighted by molar-refractivity contribution is -0.119. The van der Waals surface area contributed by atoms with Crippen LogP contribution < -0.4 is 10.3 Å². The van der Waals surface area contributed by atoms with Crippen LogP contribution in [-0.2, 0) is 4.79 Å². The molecule has 0 radical (unpaired) electrons. The van der Waals surface area contributed by atoms with Gasteiger partial charge in [-0.1, -0.05) is 49.4 Å². The number of halogens is 1. The Labute approximate surface area is 100 Å². The summed E-state index contributed by atoms with van der Waals surface area (Å²) >= 11 is 3.24. The van der Waals surface area contributed by atoms with Gasteiger partial charge in [0.05, 0.1) is 4.83 Å². The van der Waals surface area contributed by atoms with E-state index in [0.717, 1.165) is 0 Å². The second-order valence-electron chi connectivity index (χ2n) is 4.84. The van der Waals surface area contributed by atoms with Gasteiger partial charge in [0.1, 0.15) is 8.24 Å². The maximum atomic E-state index is 11.5. The first-order valence-electron chi connectivity index (χ1n) is 4.90. The molecule has 0 rings (SSSR count). The molecule has 0 aliphatic heterocycles. The van der Waals surface area contributed by atoms with Gasteiger partial charge in [0.15, 0.2) is 0 Å². The van der Waals surface area contributed by atoms with Crippen molar-refractivity contribution in [3.63, 3.8) is 0 Å². The number of nitrogens with one attached hydrogen (secondary N) is 2. The molecular formula is C9H19BrN2O2Si. The van der Waals surface area contributed by atoms with Crippen LogP contribution in [0, 0.1) is 5.92 Å². The SMILES string of the molecule is CC(C)C(Br)C(=O)NC(=O)N[Si](C)(C)C. The van der Waals surface area contributed by atoms with E-state index in [1.165, 1.54) is 0 Å². The first-order valence-corrected chi connectivity index (χ1v) is 9.32. The minimum atomic E-state index is -1.68. The van der Waals surface area contributed by atoms with Gasteiger partial charge in [-0.05, 0) is 5.92 Å². The molecule has 0 aliphatic carbocycles. The van der Waals surface area contributed by atoms with Gasteiger partial charge in [0, 0.05) is 0 Å². The van der Waals surface area contributed by atoms with Crippen LogP contribution in [0.4, 0.5) is 4.79 Å². The summed E-state index contributed by atoms with van der Waals surface area (Å²) in [7, 11) is -1.68. The number of amides is 3. The van der Waals surface area contributed by atoms with Crippen LogP contribution in [0.5, 0.6) is 0 Å². The molecule has 88 valence electrons. The molecule has 15 heavy (non-hydrogen) atoms. The molecule has 1 atom stereocenters. The van der Waals surface area contributed by atoms with Crippen molar-refractivity contribution in [3.05, 3.63) is 0 Å². The fourth-order valence-electron chi connectivity index (χ4n) is 0.855. The summed E-state index contributed by atoms with van der Waals surface area (Å²) < 4.78 is 0. The molecule has 2 N–H and O–H groups in total. The van der Waals surface area contributed by atoms with Gasteiger partial charge < -0.3 is 4.98 Å². The number of alkyl halides is 1. The standard InChI is InChI=1S/C9H19BrN2O2Si/c1-6(2)7(10)8(13)11-9(14)12-15(3,4)5/h6-7H,1-5H3,(H2,11,12,13,14). The molecule has 0 bridgehead atoms. The lowest BCUT2D eigenvalue weighted by atomic mass is 10.1. The van der Waals surface area contributed by atoms with Crippen molar-refractivity contribution < 1.29 is 9.59 Å². The van der Waals surface area contributed by atoms with Crippen molar-refractivity contribution >= 4 is 36.1 Å². The van der Waals surface area contributed by atoms with Crippen LogP contribution in [-0.4, -0.2) is 25.0 Å². The number of carbonyl (C=O) groups excluding carboxylic acids is 2. The highest BCUT2D eigenvalue weighted by Gasteiger charge is 2.23. The van der Waals surface area contributed by atoms with E-state index < -0.39 is 14.3 Å². The maximum Gasteiger partial charge on any atom is 0.313 e. The van der Waals surface area contributed by atoms with Gasteiger partial charge >= 0.3 is 6.03 Å². The van der Waals surface area contributed by atoms with Crippen molar-refractivity contribution in [1.82, 2.24) is 10.3 Å². The third-order valence-corrected chi connectivity index (χ3v) is 4.01. The predicted molar refractivity (Wildman–Crippen MR) is 67.6 cm³/mol. The van der Waals surface area contributed by atoms with Gasteiger partial charge in [-0.25, -0.2) is 4.79 Å². The van der Waals surface area contributed by atoms with Crippen LogP contribution in [0.25, 0.3) is 0 Å². The van der Waals surface area contributed by atoms with Gasteiger partial charge in [-0.3, -0.25) is 10.1 Å². The molecule has 1 unspecified atom stereocenters. The molecule has 0 aromatic rings. The quantitative estimate of drug-likeness (QED) is 0.618. The zero-order valence-electron chi connectivity index (χ0n) is 9.85. The number of imide groups is 1. The maximum absolute atomic E-state index is 11.5. The third-order valence-electron chi connectivity index (χ3n) is 1.56. The number of hydrogen-bond acceptors (Lipinski definition) is 2. The van der Waals surface area contributed by atoms with Gasteiger partial charge in [0.25, 0.3) is 0 Å².